The lowest BCUT2D eigenvalue weighted by Crippen LogP contribution is -2.29. The van der Waals surface area contributed by atoms with Crippen molar-refractivity contribution < 1.29 is 18.2 Å². The van der Waals surface area contributed by atoms with Gasteiger partial charge in [-0.3, -0.25) is 4.57 Å². The molecule has 26 heavy (non-hydrogen) atoms. The van der Waals surface area contributed by atoms with Crippen LogP contribution < -0.4 is 10.6 Å². The maximum atomic E-state index is 14.2. The first-order chi connectivity index (χ1) is 12.3. The van der Waals surface area contributed by atoms with Crippen LogP contribution in [0.4, 0.5) is 0 Å². The van der Waals surface area contributed by atoms with Crippen molar-refractivity contribution >= 4 is 25.3 Å². The Balaban J connectivity index is 2.06. The van der Waals surface area contributed by atoms with E-state index in [1.807, 2.05) is 74.5 Å². The zero-order chi connectivity index (χ0) is 18.8. The second-order valence-electron chi connectivity index (χ2n) is 7.30. The Morgan fingerprint density at radius 1 is 0.962 bits per heavy atom. The van der Waals surface area contributed by atoms with Crippen molar-refractivity contribution in [1.82, 2.24) is 0 Å². The number of allylic oxidation sites excluding steroid dienone is 1. The lowest BCUT2D eigenvalue weighted by molar-refractivity contribution is 0.0457. The molecule has 2 aromatic rings. The van der Waals surface area contributed by atoms with Crippen LogP contribution in [0, 0.1) is 5.41 Å². The molecule has 0 radical (unpaired) electrons. The van der Waals surface area contributed by atoms with Crippen LogP contribution in [0.5, 0.6) is 0 Å². The summed E-state index contributed by atoms with van der Waals surface area (Å²) in [6.45, 7) is 6.41. The molecule has 1 saturated heterocycles. The Hall–Kier alpha value is -1.44. The van der Waals surface area contributed by atoms with E-state index in [-0.39, 0.29) is 5.41 Å². The SMILES string of the molecule is C/C(=C\P1(=O)OCC(C)(C)CO1)P(=O)(c1ccccc1)c1ccccc1. The van der Waals surface area contributed by atoms with Crippen LogP contribution in [0.1, 0.15) is 20.8 Å². The largest absolute Gasteiger partial charge is 0.354 e. The normalized spacial score (nSPS) is 19.9. The molecule has 0 amide bonds. The summed E-state index contributed by atoms with van der Waals surface area (Å²) in [6, 6.07) is 18.6. The minimum atomic E-state index is -3.42. The molecule has 0 aliphatic carbocycles. The zero-order valence-electron chi connectivity index (χ0n) is 15.3. The van der Waals surface area contributed by atoms with E-state index in [2.05, 4.69) is 0 Å². The third-order valence-corrected chi connectivity index (χ3v) is 9.41. The van der Waals surface area contributed by atoms with E-state index in [4.69, 9.17) is 9.05 Å². The molecule has 3 rings (SSSR count). The van der Waals surface area contributed by atoms with Crippen molar-refractivity contribution in [3.63, 3.8) is 0 Å². The van der Waals surface area contributed by atoms with Gasteiger partial charge in [0.2, 0.25) is 0 Å². The van der Waals surface area contributed by atoms with Gasteiger partial charge in [-0.1, -0.05) is 74.5 Å². The summed E-state index contributed by atoms with van der Waals surface area (Å²) >= 11 is 0. The monoisotopic (exact) mass is 390 g/mol. The Kier molecular flexibility index (Phi) is 5.42. The van der Waals surface area contributed by atoms with Gasteiger partial charge in [0.1, 0.15) is 0 Å². The molecule has 0 bridgehead atoms. The molecule has 1 heterocycles. The van der Waals surface area contributed by atoms with Crippen LogP contribution in [-0.4, -0.2) is 13.2 Å². The number of benzene rings is 2. The highest BCUT2D eigenvalue weighted by Crippen LogP contribution is 2.61. The fourth-order valence-electron chi connectivity index (χ4n) is 2.83. The summed E-state index contributed by atoms with van der Waals surface area (Å²) in [5.74, 6) is 1.45. The van der Waals surface area contributed by atoms with Crippen LogP contribution in [0.15, 0.2) is 71.8 Å². The topological polar surface area (TPSA) is 52.6 Å². The zero-order valence-corrected chi connectivity index (χ0v) is 17.1. The van der Waals surface area contributed by atoms with E-state index in [9.17, 15) is 9.13 Å². The van der Waals surface area contributed by atoms with E-state index in [0.29, 0.717) is 29.1 Å². The molecular weight excluding hydrogens is 366 g/mol. The molecule has 1 fully saturated rings. The van der Waals surface area contributed by atoms with Gasteiger partial charge >= 0.3 is 7.60 Å². The smallest absolute Gasteiger partial charge is 0.309 e. The van der Waals surface area contributed by atoms with Crippen molar-refractivity contribution in [3.8, 4) is 0 Å². The van der Waals surface area contributed by atoms with Crippen LogP contribution in [-0.2, 0) is 18.2 Å². The van der Waals surface area contributed by atoms with E-state index in [1.54, 1.807) is 6.92 Å². The van der Waals surface area contributed by atoms with Crippen molar-refractivity contribution in [3.05, 3.63) is 71.8 Å². The lowest BCUT2D eigenvalue weighted by atomic mass is 9.97. The molecule has 0 saturated carbocycles. The molecule has 138 valence electrons. The summed E-state index contributed by atoms with van der Waals surface area (Å²) < 4.78 is 38.3. The first-order valence-corrected chi connectivity index (χ1v) is 11.9. The molecule has 0 atom stereocenters. The van der Waals surface area contributed by atoms with Crippen LogP contribution in [0.3, 0.4) is 0 Å². The highest BCUT2D eigenvalue weighted by molar-refractivity contribution is 7.82. The molecule has 2 aromatic carbocycles. The van der Waals surface area contributed by atoms with Crippen LogP contribution in [0.2, 0.25) is 0 Å². The van der Waals surface area contributed by atoms with Gasteiger partial charge in [-0.15, -0.1) is 0 Å². The summed E-state index contributed by atoms with van der Waals surface area (Å²) in [7, 11) is -6.55. The molecule has 4 nitrogen and oxygen atoms in total. The number of hydrogen-bond acceptors (Lipinski definition) is 4. The molecule has 0 unspecified atom stereocenters. The molecule has 0 spiro atoms. The Bertz CT molecular complexity index is 831. The third-order valence-electron chi connectivity index (χ3n) is 4.35. The maximum absolute atomic E-state index is 14.2. The van der Waals surface area contributed by atoms with Gasteiger partial charge in [-0.2, -0.15) is 0 Å². The molecular formula is C20H24O4P2. The summed E-state index contributed by atoms with van der Waals surface area (Å²) in [5.41, 5.74) is -0.182. The van der Waals surface area contributed by atoms with E-state index in [1.165, 1.54) is 5.82 Å². The van der Waals surface area contributed by atoms with E-state index < -0.39 is 14.7 Å². The van der Waals surface area contributed by atoms with Gasteiger partial charge < -0.3 is 13.6 Å². The van der Waals surface area contributed by atoms with Crippen LogP contribution >= 0.6 is 14.7 Å². The quantitative estimate of drug-likeness (QED) is 0.680. The summed E-state index contributed by atoms with van der Waals surface area (Å²) in [6.07, 6.45) is 0. The minimum absolute atomic E-state index is 0.182. The Morgan fingerprint density at radius 2 is 1.38 bits per heavy atom. The second-order valence-corrected chi connectivity index (χ2v) is 12.1. The summed E-state index contributed by atoms with van der Waals surface area (Å²) in [4.78, 5) is 0. The molecule has 0 N–H and O–H groups in total. The van der Waals surface area contributed by atoms with Gasteiger partial charge in [0.25, 0.3) is 0 Å². The molecule has 1 aliphatic rings. The maximum Gasteiger partial charge on any atom is 0.354 e. The molecule has 1 aliphatic heterocycles. The fraction of sp³-hybridized carbons (Fsp3) is 0.300. The van der Waals surface area contributed by atoms with Gasteiger partial charge in [0.15, 0.2) is 7.14 Å². The second kappa shape index (κ2) is 7.29. The van der Waals surface area contributed by atoms with Crippen molar-refractivity contribution in [2.75, 3.05) is 13.2 Å². The fourth-order valence-corrected chi connectivity index (χ4v) is 7.94. The Morgan fingerprint density at radius 3 is 1.81 bits per heavy atom. The first kappa shape index (κ1) is 19.3. The van der Waals surface area contributed by atoms with E-state index in [0.717, 1.165) is 0 Å². The van der Waals surface area contributed by atoms with Gasteiger partial charge in [-0.25, -0.2) is 0 Å². The first-order valence-electron chi connectivity index (χ1n) is 8.55. The number of rotatable bonds is 4. The van der Waals surface area contributed by atoms with Crippen LogP contribution in [0.25, 0.3) is 0 Å². The predicted octanol–water partition coefficient (Wildman–Crippen LogP) is 5.13. The Labute approximate surface area is 155 Å². The highest BCUT2D eigenvalue weighted by atomic mass is 31.2. The average Bonchev–Trinajstić information content (AvgIpc) is 2.65. The number of hydrogen-bond donors (Lipinski definition) is 0. The molecule has 0 aromatic heterocycles. The highest BCUT2D eigenvalue weighted by Gasteiger charge is 2.38. The van der Waals surface area contributed by atoms with Gasteiger partial charge in [-0.05, 0) is 6.92 Å². The predicted molar refractivity (Wildman–Crippen MR) is 107 cm³/mol. The summed E-state index contributed by atoms with van der Waals surface area (Å²) in [5, 5.41) is 1.91. The van der Waals surface area contributed by atoms with Crippen molar-refractivity contribution in [2.45, 2.75) is 20.8 Å². The van der Waals surface area contributed by atoms with Crippen molar-refractivity contribution in [2.24, 2.45) is 5.41 Å². The van der Waals surface area contributed by atoms with E-state index >= 15 is 0 Å². The minimum Gasteiger partial charge on any atom is -0.309 e. The average molecular weight is 390 g/mol. The molecule has 6 heteroatoms. The third kappa shape index (κ3) is 3.94. The van der Waals surface area contributed by atoms with Crippen molar-refractivity contribution in [1.29, 1.82) is 0 Å². The van der Waals surface area contributed by atoms with Gasteiger partial charge in [0.05, 0.1) is 13.2 Å². The lowest BCUT2D eigenvalue weighted by Gasteiger charge is -2.33. The van der Waals surface area contributed by atoms with Gasteiger partial charge in [0, 0.05) is 27.2 Å². The standard InChI is InChI=1S/C20H24O4P2/c1-17(14-25(21)23-15-20(2,3)16-24-25)26(22,18-10-6-4-7-11-18)19-12-8-5-9-13-19/h4-14H,15-16H2,1-3H3/b17-14+.